The Balaban J connectivity index is 2.06. The molecule has 1 saturated heterocycles. The molecule has 1 N–H and O–H groups in total. The molecule has 1 fully saturated rings. The van der Waals surface area contributed by atoms with Crippen molar-refractivity contribution in [2.24, 2.45) is 0 Å². The first-order valence-corrected chi connectivity index (χ1v) is 5.98. The molecule has 0 saturated carbocycles. The maximum absolute atomic E-state index is 12.1. The zero-order valence-corrected chi connectivity index (χ0v) is 10.1. The predicted octanol–water partition coefficient (Wildman–Crippen LogP) is 2.76. The van der Waals surface area contributed by atoms with Crippen LogP contribution < -0.4 is 4.90 Å². The molecule has 5 nitrogen and oxygen atoms in total. The molecular weight excluding hydrogens is 244 g/mol. The Morgan fingerprint density at radius 2 is 1.79 bits per heavy atom. The van der Waals surface area contributed by atoms with E-state index in [0.29, 0.717) is 6.54 Å². The van der Waals surface area contributed by atoms with Crippen molar-refractivity contribution < 1.29 is 14.7 Å². The van der Waals surface area contributed by atoms with Gasteiger partial charge in [0.1, 0.15) is 0 Å². The lowest BCUT2D eigenvalue weighted by atomic mass is 10.1. The normalized spacial score (nSPS) is 15.3. The number of urea groups is 1. The van der Waals surface area contributed by atoms with Crippen molar-refractivity contribution in [3.05, 3.63) is 42.5 Å². The van der Waals surface area contributed by atoms with E-state index in [9.17, 15) is 9.59 Å². The summed E-state index contributed by atoms with van der Waals surface area (Å²) in [6.45, 7) is 0.594. The van der Waals surface area contributed by atoms with Gasteiger partial charge < -0.3 is 5.11 Å². The summed E-state index contributed by atoms with van der Waals surface area (Å²) in [4.78, 5) is 25.3. The van der Waals surface area contributed by atoms with E-state index >= 15 is 0 Å². The average Bonchev–Trinajstić information content (AvgIpc) is 2.80. The molecule has 19 heavy (non-hydrogen) atoms. The molecule has 0 aromatic heterocycles. The van der Waals surface area contributed by atoms with Crippen LogP contribution >= 0.6 is 0 Å². The highest BCUT2D eigenvalue weighted by Gasteiger charge is 2.34. The number of carboxylic acid groups (broad SMARTS) is 1. The lowest BCUT2D eigenvalue weighted by molar-refractivity contribution is 0.158. The molecule has 3 amide bonds. The van der Waals surface area contributed by atoms with Gasteiger partial charge in [0.05, 0.1) is 12.2 Å². The number of hydrogen-bond donors (Lipinski definition) is 1. The predicted molar refractivity (Wildman–Crippen MR) is 71.4 cm³/mol. The molecule has 2 aromatic carbocycles. The summed E-state index contributed by atoms with van der Waals surface area (Å²) >= 11 is 0. The van der Waals surface area contributed by atoms with Gasteiger partial charge >= 0.3 is 12.1 Å². The number of fused-ring (bicyclic) bond motifs is 1. The van der Waals surface area contributed by atoms with E-state index in [-0.39, 0.29) is 6.54 Å². The standard InChI is InChI=1S/C14H12N2O3/c17-13-15(8-9-16(13)14(18)19)12-7-3-5-10-4-1-2-6-11(10)12/h1-7H,8-9H2,(H,18,19). The SMILES string of the molecule is O=C(O)N1CCN(c2cccc3ccccc23)C1=O. The van der Waals surface area contributed by atoms with Crippen LogP contribution in [0.15, 0.2) is 42.5 Å². The molecule has 0 unspecified atom stereocenters. The topological polar surface area (TPSA) is 60.9 Å². The fourth-order valence-corrected chi connectivity index (χ4v) is 2.38. The summed E-state index contributed by atoms with van der Waals surface area (Å²) in [7, 11) is 0. The highest BCUT2D eigenvalue weighted by Crippen LogP contribution is 2.29. The van der Waals surface area contributed by atoms with Crippen LogP contribution in [-0.2, 0) is 0 Å². The van der Waals surface area contributed by atoms with Crippen LogP contribution in [0.2, 0.25) is 0 Å². The molecule has 2 aromatic rings. The molecule has 0 aliphatic carbocycles. The first kappa shape index (κ1) is 11.5. The number of rotatable bonds is 1. The molecular formula is C14H12N2O3. The van der Waals surface area contributed by atoms with Gasteiger partial charge in [-0.3, -0.25) is 4.90 Å². The molecule has 5 heteroatoms. The Labute approximate surface area is 109 Å². The maximum atomic E-state index is 12.1. The highest BCUT2D eigenvalue weighted by molar-refractivity contribution is 6.08. The van der Waals surface area contributed by atoms with Crippen LogP contribution in [0, 0.1) is 0 Å². The summed E-state index contributed by atoms with van der Waals surface area (Å²) in [5.41, 5.74) is 0.756. The molecule has 0 radical (unpaired) electrons. The minimum absolute atomic E-state index is 0.206. The van der Waals surface area contributed by atoms with Gasteiger partial charge in [0, 0.05) is 11.9 Å². The van der Waals surface area contributed by atoms with Crippen molar-refractivity contribution in [2.75, 3.05) is 18.0 Å². The largest absolute Gasteiger partial charge is 0.465 e. The second-order valence-corrected chi connectivity index (χ2v) is 4.37. The number of anilines is 1. The van der Waals surface area contributed by atoms with Crippen LogP contribution in [0.4, 0.5) is 15.3 Å². The molecule has 1 heterocycles. The first-order chi connectivity index (χ1) is 9.18. The van der Waals surface area contributed by atoms with E-state index in [1.165, 1.54) is 4.90 Å². The van der Waals surface area contributed by atoms with Crippen LogP contribution in [0.5, 0.6) is 0 Å². The van der Waals surface area contributed by atoms with E-state index in [2.05, 4.69) is 0 Å². The summed E-state index contributed by atoms with van der Waals surface area (Å²) in [5, 5.41) is 10.9. The quantitative estimate of drug-likeness (QED) is 0.853. The summed E-state index contributed by atoms with van der Waals surface area (Å²) < 4.78 is 0. The Kier molecular flexibility index (Phi) is 2.59. The zero-order valence-electron chi connectivity index (χ0n) is 10.1. The minimum atomic E-state index is -1.20. The molecule has 0 atom stereocenters. The number of carbonyl (C=O) groups is 2. The third-order valence-electron chi connectivity index (χ3n) is 3.30. The van der Waals surface area contributed by atoms with Crippen molar-refractivity contribution in [3.63, 3.8) is 0 Å². The van der Waals surface area contributed by atoms with Gasteiger partial charge in [-0.2, -0.15) is 0 Å². The molecule has 0 spiro atoms. The molecule has 96 valence electrons. The van der Waals surface area contributed by atoms with Gasteiger partial charge in [-0.05, 0) is 11.5 Å². The Bertz CT molecular complexity index is 663. The molecule has 3 rings (SSSR count). The van der Waals surface area contributed by atoms with E-state index in [1.807, 2.05) is 42.5 Å². The minimum Gasteiger partial charge on any atom is -0.465 e. The fraction of sp³-hybridized carbons (Fsp3) is 0.143. The summed E-state index contributed by atoms with van der Waals surface area (Å²) in [5.74, 6) is 0. The van der Waals surface area contributed by atoms with E-state index in [0.717, 1.165) is 21.4 Å². The van der Waals surface area contributed by atoms with E-state index in [1.54, 1.807) is 0 Å². The molecule has 1 aliphatic rings. The van der Waals surface area contributed by atoms with Crippen molar-refractivity contribution in [3.8, 4) is 0 Å². The zero-order chi connectivity index (χ0) is 13.4. The third-order valence-corrected chi connectivity index (χ3v) is 3.30. The van der Waals surface area contributed by atoms with Crippen molar-refractivity contribution >= 4 is 28.6 Å². The van der Waals surface area contributed by atoms with Crippen molar-refractivity contribution in [2.45, 2.75) is 0 Å². The number of amides is 3. The fourth-order valence-electron chi connectivity index (χ4n) is 2.38. The molecule has 1 aliphatic heterocycles. The van der Waals surface area contributed by atoms with Crippen LogP contribution in [-0.4, -0.2) is 35.2 Å². The second-order valence-electron chi connectivity index (χ2n) is 4.37. The van der Waals surface area contributed by atoms with Crippen molar-refractivity contribution in [1.29, 1.82) is 0 Å². The van der Waals surface area contributed by atoms with Gasteiger partial charge in [0.25, 0.3) is 0 Å². The number of hydrogen-bond acceptors (Lipinski definition) is 2. The van der Waals surface area contributed by atoms with Crippen LogP contribution in [0.25, 0.3) is 10.8 Å². The monoisotopic (exact) mass is 256 g/mol. The average molecular weight is 256 g/mol. The number of benzene rings is 2. The van der Waals surface area contributed by atoms with E-state index in [4.69, 9.17) is 5.11 Å². The third kappa shape index (κ3) is 1.79. The number of nitrogens with zero attached hydrogens (tertiary/aromatic N) is 2. The number of imide groups is 1. The highest BCUT2D eigenvalue weighted by atomic mass is 16.4. The lowest BCUT2D eigenvalue weighted by Crippen LogP contribution is -2.35. The Morgan fingerprint density at radius 1 is 1.05 bits per heavy atom. The van der Waals surface area contributed by atoms with Gasteiger partial charge in [-0.15, -0.1) is 0 Å². The lowest BCUT2D eigenvalue weighted by Gasteiger charge is -2.18. The van der Waals surface area contributed by atoms with Crippen LogP contribution in [0.3, 0.4) is 0 Å². The smallest absolute Gasteiger partial charge is 0.415 e. The molecule has 0 bridgehead atoms. The van der Waals surface area contributed by atoms with Crippen molar-refractivity contribution in [1.82, 2.24) is 4.90 Å². The Morgan fingerprint density at radius 3 is 2.53 bits per heavy atom. The summed E-state index contributed by atoms with van der Waals surface area (Å²) in [6, 6.07) is 12.9. The second kappa shape index (κ2) is 4.28. The van der Waals surface area contributed by atoms with Gasteiger partial charge in [0.15, 0.2) is 0 Å². The Hall–Kier alpha value is -2.56. The van der Waals surface area contributed by atoms with Gasteiger partial charge in [0.2, 0.25) is 0 Å². The van der Waals surface area contributed by atoms with Crippen LogP contribution in [0.1, 0.15) is 0 Å². The summed E-state index contributed by atoms with van der Waals surface area (Å²) in [6.07, 6.45) is -1.20. The van der Waals surface area contributed by atoms with Gasteiger partial charge in [-0.25, -0.2) is 14.5 Å². The van der Waals surface area contributed by atoms with Gasteiger partial charge in [-0.1, -0.05) is 36.4 Å². The maximum Gasteiger partial charge on any atom is 0.415 e. The van der Waals surface area contributed by atoms with E-state index < -0.39 is 12.1 Å². The first-order valence-electron chi connectivity index (χ1n) is 5.98. The number of carbonyl (C=O) groups excluding carboxylic acids is 1.